The minimum atomic E-state index is -0.426. The molecule has 0 rings (SSSR count). The van der Waals surface area contributed by atoms with Gasteiger partial charge in [-0.1, -0.05) is 6.92 Å². The van der Waals surface area contributed by atoms with E-state index >= 15 is 0 Å². The summed E-state index contributed by atoms with van der Waals surface area (Å²) in [5.74, 6) is 0.787. The van der Waals surface area contributed by atoms with Gasteiger partial charge in [0, 0.05) is 12.6 Å². The molecule has 6 heteroatoms. The third kappa shape index (κ3) is 8.21. The lowest BCUT2D eigenvalue weighted by molar-refractivity contribution is -0.123. The number of hydrogen-bond donors (Lipinski definition) is 3. The van der Waals surface area contributed by atoms with Crippen molar-refractivity contribution in [3.63, 3.8) is 0 Å². The summed E-state index contributed by atoms with van der Waals surface area (Å²) in [6.45, 7) is 2.08. The molecule has 0 aromatic carbocycles. The van der Waals surface area contributed by atoms with Crippen molar-refractivity contribution in [3.8, 4) is 0 Å². The lowest BCUT2D eigenvalue weighted by Crippen LogP contribution is -2.45. The Kier molecular flexibility index (Phi) is 13.2. The normalized spacial score (nSPS) is 13.8. The van der Waals surface area contributed by atoms with Crippen molar-refractivity contribution in [3.05, 3.63) is 0 Å². The van der Waals surface area contributed by atoms with Crippen LogP contribution in [0.5, 0.6) is 0 Å². The quantitative estimate of drug-likeness (QED) is 0.609. The van der Waals surface area contributed by atoms with Gasteiger partial charge in [-0.05, 0) is 31.3 Å². The Morgan fingerprint density at radius 1 is 1.50 bits per heavy atom. The van der Waals surface area contributed by atoms with Crippen molar-refractivity contribution in [1.29, 1.82) is 0 Å². The van der Waals surface area contributed by atoms with Crippen molar-refractivity contribution in [2.45, 2.75) is 38.3 Å². The molecule has 0 heterocycles. The monoisotopic (exact) mass is 270 g/mol. The van der Waals surface area contributed by atoms with Crippen LogP contribution in [0.4, 0.5) is 0 Å². The Hall–Kier alpha value is 0.0300. The average Bonchev–Trinajstić information content (AvgIpc) is 2.24. The van der Waals surface area contributed by atoms with Crippen molar-refractivity contribution >= 4 is 30.1 Å². The van der Waals surface area contributed by atoms with E-state index in [2.05, 4.69) is 5.32 Å². The van der Waals surface area contributed by atoms with Gasteiger partial charge in [-0.25, -0.2) is 0 Å². The molecule has 0 aliphatic rings. The van der Waals surface area contributed by atoms with Gasteiger partial charge in [-0.3, -0.25) is 4.79 Å². The molecule has 0 aliphatic carbocycles. The molecule has 0 radical (unpaired) electrons. The van der Waals surface area contributed by atoms with E-state index in [1.165, 1.54) is 0 Å². The Bertz CT molecular complexity index is 184. The van der Waals surface area contributed by atoms with E-state index in [-0.39, 0.29) is 31.0 Å². The van der Waals surface area contributed by atoms with Gasteiger partial charge in [0.15, 0.2) is 0 Å². The molecule has 16 heavy (non-hydrogen) atoms. The van der Waals surface area contributed by atoms with Crippen LogP contribution >= 0.6 is 24.2 Å². The van der Waals surface area contributed by atoms with Crippen LogP contribution in [-0.2, 0) is 4.79 Å². The third-order valence-electron chi connectivity index (χ3n) is 2.29. The molecule has 0 bridgehead atoms. The van der Waals surface area contributed by atoms with Crippen LogP contribution in [-0.4, -0.2) is 41.7 Å². The Morgan fingerprint density at radius 3 is 2.56 bits per heavy atom. The standard InChI is InChI=1S/C10H22N2O2S.ClH/c1-3-8(4-6-13)12-10(14)9(11)5-7-15-2;/h8-9,13H,3-7,11H2,1-2H3,(H,12,14);1H. The molecule has 4 nitrogen and oxygen atoms in total. The van der Waals surface area contributed by atoms with E-state index in [1.807, 2.05) is 13.2 Å². The molecule has 0 saturated carbocycles. The van der Waals surface area contributed by atoms with Crippen LogP contribution in [0.2, 0.25) is 0 Å². The maximum atomic E-state index is 11.6. The molecule has 2 atom stereocenters. The zero-order chi connectivity index (χ0) is 11.7. The third-order valence-corrected chi connectivity index (χ3v) is 2.93. The fraction of sp³-hybridized carbons (Fsp3) is 0.900. The second kappa shape index (κ2) is 11.5. The van der Waals surface area contributed by atoms with Crippen LogP contribution < -0.4 is 11.1 Å². The second-order valence-corrected chi connectivity index (χ2v) is 4.50. The molecule has 4 N–H and O–H groups in total. The lowest BCUT2D eigenvalue weighted by Gasteiger charge is -2.18. The molecule has 0 fully saturated rings. The number of hydrogen-bond acceptors (Lipinski definition) is 4. The zero-order valence-corrected chi connectivity index (χ0v) is 11.6. The summed E-state index contributed by atoms with van der Waals surface area (Å²) in [6.07, 6.45) is 4.10. The molecule has 2 unspecified atom stereocenters. The predicted octanol–water partition coefficient (Wildman–Crippen LogP) is 0.766. The molecule has 0 aromatic heterocycles. The van der Waals surface area contributed by atoms with E-state index in [1.54, 1.807) is 11.8 Å². The van der Waals surface area contributed by atoms with E-state index in [0.29, 0.717) is 12.8 Å². The van der Waals surface area contributed by atoms with Gasteiger partial charge >= 0.3 is 0 Å². The van der Waals surface area contributed by atoms with E-state index in [9.17, 15) is 4.79 Å². The number of thioether (sulfide) groups is 1. The van der Waals surface area contributed by atoms with Gasteiger partial charge in [0.05, 0.1) is 6.04 Å². The Labute approximate surface area is 108 Å². The topological polar surface area (TPSA) is 75.3 Å². The first-order chi connectivity index (χ1) is 7.15. The summed E-state index contributed by atoms with van der Waals surface area (Å²) in [6, 6.07) is -0.381. The van der Waals surface area contributed by atoms with Gasteiger partial charge in [-0.15, -0.1) is 12.4 Å². The van der Waals surface area contributed by atoms with Crippen LogP contribution in [0, 0.1) is 0 Å². The van der Waals surface area contributed by atoms with Crippen molar-refractivity contribution in [2.24, 2.45) is 5.73 Å². The summed E-state index contributed by atoms with van der Waals surface area (Å²) < 4.78 is 0. The number of nitrogens with one attached hydrogen (secondary N) is 1. The largest absolute Gasteiger partial charge is 0.396 e. The highest BCUT2D eigenvalue weighted by Gasteiger charge is 2.16. The summed E-state index contributed by atoms with van der Waals surface area (Å²) in [5, 5.41) is 11.6. The summed E-state index contributed by atoms with van der Waals surface area (Å²) in [4.78, 5) is 11.6. The zero-order valence-electron chi connectivity index (χ0n) is 9.94. The molecule has 0 aromatic rings. The lowest BCUT2D eigenvalue weighted by atomic mass is 10.1. The van der Waals surface area contributed by atoms with Crippen molar-refractivity contribution in [2.75, 3.05) is 18.6 Å². The van der Waals surface area contributed by atoms with Gasteiger partial charge in [-0.2, -0.15) is 11.8 Å². The Morgan fingerprint density at radius 2 is 2.12 bits per heavy atom. The maximum absolute atomic E-state index is 11.6. The molecule has 1 amide bonds. The number of rotatable bonds is 8. The fourth-order valence-electron chi connectivity index (χ4n) is 1.22. The van der Waals surface area contributed by atoms with Crippen LogP contribution in [0.25, 0.3) is 0 Å². The number of carbonyl (C=O) groups excluding carboxylic acids is 1. The van der Waals surface area contributed by atoms with E-state index in [0.717, 1.165) is 12.2 Å². The number of carbonyl (C=O) groups is 1. The van der Waals surface area contributed by atoms with Crippen LogP contribution in [0.15, 0.2) is 0 Å². The number of nitrogens with two attached hydrogens (primary N) is 1. The summed E-state index contributed by atoms with van der Waals surface area (Å²) >= 11 is 1.68. The molecular formula is C10H23ClN2O2S. The molecule has 98 valence electrons. The molecular weight excluding hydrogens is 248 g/mol. The second-order valence-electron chi connectivity index (χ2n) is 3.51. The summed E-state index contributed by atoms with van der Waals surface area (Å²) in [7, 11) is 0. The smallest absolute Gasteiger partial charge is 0.237 e. The first-order valence-electron chi connectivity index (χ1n) is 5.31. The van der Waals surface area contributed by atoms with E-state index in [4.69, 9.17) is 10.8 Å². The Balaban J connectivity index is 0. The predicted molar refractivity (Wildman–Crippen MR) is 72.1 cm³/mol. The van der Waals surface area contributed by atoms with Gasteiger partial charge in [0.2, 0.25) is 5.91 Å². The molecule has 0 aliphatic heterocycles. The molecule has 0 saturated heterocycles. The number of halogens is 1. The number of aliphatic hydroxyl groups is 1. The van der Waals surface area contributed by atoms with Gasteiger partial charge in [0.25, 0.3) is 0 Å². The van der Waals surface area contributed by atoms with E-state index < -0.39 is 6.04 Å². The highest BCUT2D eigenvalue weighted by Crippen LogP contribution is 2.01. The van der Waals surface area contributed by atoms with Gasteiger partial charge < -0.3 is 16.2 Å². The number of aliphatic hydroxyl groups excluding tert-OH is 1. The van der Waals surface area contributed by atoms with Crippen molar-refractivity contribution < 1.29 is 9.90 Å². The van der Waals surface area contributed by atoms with Gasteiger partial charge in [0.1, 0.15) is 0 Å². The minimum absolute atomic E-state index is 0. The fourth-order valence-corrected chi connectivity index (χ4v) is 1.71. The SMILES string of the molecule is CCC(CCO)NC(=O)C(N)CCSC.Cl. The van der Waals surface area contributed by atoms with Crippen LogP contribution in [0.3, 0.4) is 0 Å². The highest BCUT2D eigenvalue weighted by molar-refractivity contribution is 7.98. The van der Waals surface area contributed by atoms with Crippen LogP contribution in [0.1, 0.15) is 26.2 Å². The summed E-state index contributed by atoms with van der Waals surface area (Å²) in [5.41, 5.74) is 5.71. The average molecular weight is 271 g/mol. The number of amides is 1. The highest BCUT2D eigenvalue weighted by atomic mass is 35.5. The first-order valence-corrected chi connectivity index (χ1v) is 6.70. The minimum Gasteiger partial charge on any atom is -0.396 e. The maximum Gasteiger partial charge on any atom is 0.237 e. The van der Waals surface area contributed by atoms with Crippen molar-refractivity contribution in [1.82, 2.24) is 5.32 Å². The molecule has 0 spiro atoms. The first kappa shape index (κ1) is 18.4.